The molecule has 0 spiro atoms. The summed E-state index contributed by atoms with van der Waals surface area (Å²) in [5.74, 6) is -13.7. The van der Waals surface area contributed by atoms with Crippen LogP contribution in [-0.4, -0.2) is 38.4 Å². The first kappa shape index (κ1) is 23.0. The van der Waals surface area contributed by atoms with Gasteiger partial charge in [-0.1, -0.05) is 0 Å². The molecule has 0 saturated heterocycles. The molecule has 2 aliphatic carbocycles. The van der Waals surface area contributed by atoms with Gasteiger partial charge in [0.25, 0.3) is 11.8 Å². The number of carbonyl (C=O) groups is 2. The number of rotatable bonds is 6. The normalized spacial score (nSPS) is 21.4. The number of nitrogens with one attached hydrogen (secondary N) is 1. The number of alkyl halides is 7. The van der Waals surface area contributed by atoms with Crippen molar-refractivity contribution in [2.24, 2.45) is 11.7 Å². The van der Waals surface area contributed by atoms with Crippen LogP contribution in [0.15, 0.2) is 18.3 Å². The van der Waals surface area contributed by atoms with E-state index >= 15 is 0 Å². The van der Waals surface area contributed by atoms with E-state index in [1.807, 2.05) is 0 Å². The maximum atomic E-state index is 13.9. The lowest BCUT2D eigenvalue weighted by atomic mass is 9.76. The molecule has 2 heterocycles. The Morgan fingerprint density at radius 2 is 1.88 bits per heavy atom. The highest BCUT2D eigenvalue weighted by atomic mass is 19.4. The molecule has 0 radical (unpaired) electrons. The largest absolute Gasteiger partial charge is 0.420 e. The van der Waals surface area contributed by atoms with Gasteiger partial charge in [0, 0.05) is 24.2 Å². The molecule has 0 aliphatic heterocycles. The summed E-state index contributed by atoms with van der Waals surface area (Å²) in [6, 6.07) is 2.18. The van der Waals surface area contributed by atoms with Crippen LogP contribution in [0.2, 0.25) is 0 Å². The number of primary amides is 1. The molecule has 2 amide bonds. The minimum Gasteiger partial charge on any atom is -0.364 e. The number of aromatic nitrogens is 3. The van der Waals surface area contributed by atoms with Gasteiger partial charge in [-0.2, -0.15) is 35.8 Å². The van der Waals surface area contributed by atoms with Crippen molar-refractivity contribution in [3.05, 3.63) is 41.0 Å². The standard InChI is InChI=1S/C19H16F7N5O2/c20-17(21)6-9(18(17,22)23)7-31-14(12(19(24,25)26)13(30-31)8-1-2-8)16(33)29-10-3-4-28-11(5-10)15(27)32/h3-5,8-9H,1-2,6-7H2,(H2,27,32)(H,28,29,33)/t9-/m1/s1. The number of pyridine rings is 1. The predicted molar refractivity (Wildman–Crippen MR) is 97.9 cm³/mol. The van der Waals surface area contributed by atoms with Crippen LogP contribution in [0.3, 0.4) is 0 Å². The Morgan fingerprint density at radius 3 is 2.39 bits per heavy atom. The van der Waals surface area contributed by atoms with Gasteiger partial charge in [-0.25, -0.2) is 0 Å². The van der Waals surface area contributed by atoms with E-state index in [9.17, 15) is 40.3 Å². The first-order valence-corrected chi connectivity index (χ1v) is 9.73. The van der Waals surface area contributed by atoms with Gasteiger partial charge < -0.3 is 11.1 Å². The fourth-order valence-electron chi connectivity index (χ4n) is 3.73. The van der Waals surface area contributed by atoms with Crippen LogP contribution in [0.4, 0.5) is 36.4 Å². The molecule has 0 bridgehead atoms. The Balaban J connectivity index is 1.74. The minimum absolute atomic E-state index is 0.141. The zero-order valence-electron chi connectivity index (χ0n) is 16.6. The van der Waals surface area contributed by atoms with Gasteiger partial charge in [0.2, 0.25) is 0 Å². The summed E-state index contributed by atoms with van der Waals surface area (Å²) in [6.45, 7) is -1.01. The Hall–Kier alpha value is -3.19. The van der Waals surface area contributed by atoms with Gasteiger partial charge >= 0.3 is 18.0 Å². The van der Waals surface area contributed by atoms with E-state index in [0.29, 0.717) is 17.5 Å². The third-order valence-electron chi connectivity index (χ3n) is 5.61. The molecule has 14 heteroatoms. The molecule has 0 unspecified atom stereocenters. The fourth-order valence-corrected chi connectivity index (χ4v) is 3.73. The van der Waals surface area contributed by atoms with Crippen molar-refractivity contribution in [1.29, 1.82) is 0 Å². The van der Waals surface area contributed by atoms with E-state index in [2.05, 4.69) is 15.4 Å². The van der Waals surface area contributed by atoms with Gasteiger partial charge in [0.1, 0.15) is 17.0 Å². The van der Waals surface area contributed by atoms with Crippen LogP contribution in [0.5, 0.6) is 0 Å². The van der Waals surface area contributed by atoms with Crippen LogP contribution in [-0.2, 0) is 12.7 Å². The van der Waals surface area contributed by atoms with Crippen LogP contribution >= 0.6 is 0 Å². The monoisotopic (exact) mass is 479 g/mol. The van der Waals surface area contributed by atoms with Crippen LogP contribution in [0.1, 0.15) is 57.4 Å². The van der Waals surface area contributed by atoms with Crippen molar-refractivity contribution in [3.8, 4) is 0 Å². The van der Waals surface area contributed by atoms with E-state index in [1.165, 1.54) is 6.07 Å². The highest BCUT2D eigenvalue weighted by molar-refractivity contribution is 6.05. The smallest absolute Gasteiger partial charge is 0.364 e. The summed E-state index contributed by atoms with van der Waals surface area (Å²) in [5.41, 5.74) is 1.69. The first-order valence-electron chi connectivity index (χ1n) is 9.73. The third-order valence-corrected chi connectivity index (χ3v) is 5.61. The molecule has 2 saturated carbocycles. The Bertz CT molecular complexity index is 1120. The van der Waals surface area contributed by atoms with Crippen molar-refractivity contribution in [3.63, 3.8) is 0 Å². The lowest BCUT2D eigenvalue weighted by Gasteiger charge is -2.43. The molecule has 2 fully saturated rings. The van der Waals surface area contributed by atoms with Crippen LogP contribution < -0.4 is 11.1 Å². The molecule has 33 heavy (non-hydrogen) atoms. The summed E-state index contributed by atoms with van der Waals surface area (Å²) in [5, 5.41) is 5.90. The van der Waals surface area contributed by atoms with Crippen molar-refractivity contribution < 1.29 is 40.3 Å². The molecule has 2 aromatic rings. The number of hydrogen-bond donors (Lipinski definition) is 2. The molecule has 3 N–H and O–H groups in total. The summed E-state index contributed by atoms with van der Waals surface area (Å²) < 4.78 is 96.3. The van der Waals surface area contributed by atoms with Crippen molar-refractivity contribution in [2.75, 3.05) is 5.32 Å². The SMILES string of the molecule is NC(=O)c1cc(NC(=O)c2c(C(F)(F)F)c(C3CC3)nn2C[C@H]2CC(F)(F)C2(F)F)ccn1. The Morgan fingerprint density at radius 1 is 1.21 bits per heavy atom. The highest BCUT2D eigenvalue weighted by Gasteiger charge is 2.71. The Labute approximate surface area is 181 Å². The minimum atomic E-state index is -5.06. The number of halogens is 7. The lowest BCUT2D eigenvalue weighted by molar-refractivity contribution is -0.316. The predicted octanol–water partition coefficient (Wildman–Crippen LogP) is 3.82. The van der Waals surface area contributed by atoms with E-state index in [4.69, 9.17) is 5.73 Å². The average Bonchev–Trinajstić information content (AvgIpc) is 3.47. The molecule has 178 valence electrons. The molecule has 7 nitrogen and oxygen atoms in total. The third kappa shape index (κ3) is 4.02. The highest BCUT2D eigenvalue weighted by Crippen LogP contribution is 2.56. The average molecular weight is 479 g/mol. The molecule has 4 rings (SSSR count). The van der Waals surface area contributed by atoms with Gasteiger partial charge in [-0.15, -0.1) is 0 Å². The number of carbonyl (C=O) groups excluding carboxylic acids is 2. The van der Waals surface area contributed by atoms with Gasteiger partial charge in [-0.05, 0) is 25.0 Å². The van der Waals surface area contributed by atoms with E-state index in [1.54, 1.807) is 0 Å². The maximum Gasteiger partial charge on any atom is 0.420 e. The summed E-state index contributed by atoms with van der Waals surface area (Å²) in [6.07, 6.45) is -4.54. The lowest BCUT2D eigenvalue weighted by Crippen LogP contribution is -2.60. The summed E-state index contributed by atoms with van der Waals surface area (Å²) >= 11 is 0. The van der Waals surface area contributed by atoms with Crippen LogP contribution in [0, 0.1) is 5.92 Å². The molecule has 1 atom stereocenters. The van der Waals surface area contributed by atoms with Crippen molar-refractivity contribution >= 4 is 17.5 Å². The number of anilines is 1. The van der Waals surface area contributed by atoms with E-state index in [-0.39, 0.29) is 11.4 Å². The van der Waals surface area contributed by atoms with Crippen LogP contribution in [0.25, 0.3) is 0 Å². The summed E-state index contributed by atoms with van der Waals surface area (Å²) in [7, 11) is 0. The second-order valence-corrected chi connectivity index (χ2v) is 8.04. The zero-order chi connectivity index (χ0) is 24.3. The molecular weight excluding hydrogens is 463 g/mol. The number of hydrogen-bond acceptors (Lipinski definition) is 4. The molecule has 2 aliphatic rings. The quantitative estimate of drug-likeness (QED) is 0.615. The topological polar surface area (TPSA) is 103 Å². The first-order chi connectivity index (χ1) is 15.2. The van der Waals surface area contributed by atoms with E-state index in [0.717, 1.165) is 12.3 Å². The molecule has 0 aromatic carbocycles. The molecule has 2 aromatic heterocycles. The molecular formula is C19H16F7N5O2. The van der Waals surface area contributed by atoms with Gasteiger partial charge in [0.15, 0.2) is 0 Å². The van der Waals surface area contributed by atoms with Gasteiger partial charge in [0.05, 0.1) is 18.2 Å². The number of amides is 2. The number of nitrogens with two attached hydrogens (primary N) is 1. The fraction of sp³-hybridized carbons (Fsp3) is 0.474. The second-order valence-electron chi connectivity index (χ2n) is 8.04. The Kier molecular flexibility index (Phi) is 5.17. The second kappa shape index (κ2) is 7.42. The van der Waals surface area contributed by atoms with Crippen molar-refractivity contribution in [1.82, 2.24) is 14.8 Å². The van der Waals surface area contributed by atoms with Gasteiger partial charge in [-0.3, -0.25) is 19.3 Å². The number of nitrogens with zero attached hydrogens (tertiary/aromatic N) is 3. The maximum absolute atomic E-state index is 13.9. The zero-order valence-corrected chi connectivity index (χ0v) is 16.6. The van der Waals surface area contributed by atoms with Crippen molar-refractivity contribution in [2.45, 2.75) is 49.7 Å². The summed E-state index contributed by atoms with van der Waals surface area (Å²) in [4.78, 5) is 27.8. The van der Waals surface area contributed by atoms with E-state index < -0.39 is 71.6 Å².